The lowest BCUT2D eigenvalue weighted by molar-refractivity contribution is -0.384. The molecule has 0 radical (unpaired) electrons. The highest BCUT2D eigenvalue weighted by Crippen LogP contribution is 2.29. The summed E-state index contributed by atoms with van der Waals surface area (Å²) in [6.45, 7) is 3.33. The number of non-ortho nitro benzene ring substituents is 1. The minimum absolute atomic E-state index is 0.139. The lowest BCUT2D eigenvalue weighted by atomic mass is 10.1. The van der Waals surface area contributed by atoms with Crippen molar-refractivity contribution in [1.29, 1.82) is 0 Å². The van der Waals surface area contributed by atoms with Gasteiger partial charge in [-0.15, -0.1) is 0 Å². The van der Waals surface area contributed by atoms with Crippen LogP contribution in [0.2, 0.25) is 0 Å². The van der Waals surface area contributed by atoms with Gasteiger partial charge in [0.15, 0.2) is 0 Å². The molecular formula is C24H26N6O4. The Bertz CT molecular complexity index is 1190. The van der Waals surface area contributed by atoms with Crippen molar-refractivity contribution in [2.24, 2.45) is 0 Å². The van der Waals surface area contributed by atoms with Crippen molar-refractivity contribution in [3.05, 3.63) is 76.6 Å². The monoisotopic (exact) mass is 462 g/mol. The zero-order chi connectivity index (χ0) is 24.1. The van der Waals surface area contributed by atoms with Crippen LogP contribution >= 0.6 is 0 Å². The standard InChI is InChI=1S/C24H26N6O4/c1-17(29-14-6-11-25-29)23(31)26-18-7-5-8-19(15-18)27-24(32)21-16-20(30(33)34)9-10-22(21)28-12-3-2-4-13-28/h5-11,14-17H,2-4,12-13H2,1H3,(H,26,31)(H,27,32). The average molecular weight is 463 g/mol. The summed E-state index contributed by atoms with van der Waals surface area (Å²) < 4.78 is 1.55. The third-order valence-corrected chi connectivity index (χ3v) is 5.82. The summed E-state index contributed by atoms with van der Waals surface area (Å²) in [5.41, 5.74) is 1.76. The predicted molar refractivity (Wildman–Crippen MR) is 129 cm³/mol. The fourth-order valence-electron chi connectivity index (χ4n) is 3.98. The van der Waals surface area contributed by atoms with Crippen molar-refractivity contribution in [1.82, 2.24) is 9.78 Å². The Labute approximate surface area is 196 Å². The molecule has 1 aromatic heterocycles. The average Bonchev–Trinajstić information content (AvgIpc) is 3.39. The zero-order valence-corrected chi connectivity index (χ0v) is 18.8. The number of carbonyl (C=O) groups is 2. The Morgan fingerprint density at radius 1 is 1.03 bits per heavy atom. The summed E-state index contributed by atoms with van der Waals surface area (Å²) in [5.74, 6) is -0.698. The van der Waals surface area contributed by atoms with E-state index in [0.717, 1.165) is 32.4 Å². The normalized spacial score (nSPS) is 14.3. The molecule has 34 heavy (non-hydrogen) atoms. The molecule has 1 aliphatic rings. The van der Waals surface area contributed by atoms with Gasteiger partial charge < -0.3 is 15.5 Å². The van der Waals surface area contributed by atoms with E-state index in [1.165, 1.54) is 12.1 Å². The number of nitrogens with one attached hydrogen (secondary N) is 2. The first kappa shape index (κ1) is 23.0. The molecule has 10 heteroatoms. The Hall–Kier alpha value is -4.21. The van der Waals surface area contributed by atoms with Crippen LogP contribution in [0.5, 0.6) is 0 Å². The molecule has 0 spiro atoms. The first-order chi connectivity index (χ1) is 16.4. The van der Waals surface area contributed by atoms with Gasteiger partial charge in [-0.3, -0.25) is 24.4 Å². The Kier molecular flexibility index (Phi) is 6.86. The van der Waals surface area contributed by atoms with E-state index < -0.39 is 16.9 Å². The maximum Gasteiger partial charge on any atom is 0.270 e. The SMILES string of the molecule is CC(C(=O)Nc1cccc(NC(=O)c2cc([N+](=O)[O-])ccc2N2CCCCC2)c1)n1cccn1. The molecule has 1 unspecified atom stereocenters. The van der Waals surface area contributed by atoms with Crippen molar-refractivity contribution in [2.75, 3.05) is 28.6 Å². The summed E-state index contributed by atoms with van der Waals surface area (Å²) in [5, 5.41) is 21.0. The lowest BCUT2D eigenvalue weighted by Crippen LogP contribution is -2.31. The van der Waals surface area contributed by atoms with Gasteiger partial charge in [0.25, 0.3) is 11.6 Å². The van der Waals surface area contributed by atoms with Crippen LogP contribution in [0.15, 0.2) is 60.9 Å². The van der Waals surface area contributed by atoms with Crippen molar-refractivity contribution >= 4 is 34.6 Å². The molecule has 1 saturated heterocycles. The topological polar surface area (TPSA) is 122 Å². The summed E-state index contributed by atoms with van der Waals surface area (Å²) in [4.78, 5) is 38.7. The van der Waals surface area contributed by atoms with E-state index in [2.05, 4.69) is 20.6 Å². The molecule has 0 saturated carbocycles. The van der Waals surface area contributed by atoms with E-state index >= 15 is 0 Å². The zero-order valence-electron chi connectivity index (χ0n) is 18.8. The van der Waals surface area contributed by atoms with Gasteiger partial charge in [0, 0.05) is 49.0 Å². The maximum absolute atomic E-state index is 13.2. The number of nitrogens with zero attached hydrogens (tertiary/aromatic N) is 4. The maximum atomic E-state index is 13.2. The van der Waals surface area contributed by atoms with E-state index in [9.17, 15) is 19.7 Å². The Morgan fingerprint density at radius 3 is 2.44 bits per heavy atom. The minimum atomic E-state index is -0.509. The molecule has 4 rings (SSSR count). The fourth-order valence-corrected chi connectivity index (χ4v) is 3.98. The molecule has 2 aromatic carbocycles. The van der Waals surface area contributed by atoms with Gasteiger partial charge in [0.2, 0.25) is 5.91 Å². The van der Waals surface area contributed by atoms with Gasteiger partial charge in [0.1, 0.15) is 6.04 Å². The molecule has 2 heterocycles. The second kappa shape index (κ2) is 10.2. The van der Waals surface area contributed by atoms with Crippen molar-refractivity contribution in [2.45, 2.75) is 32.2 Å². The second-order valence-corrected chi connectivity index (χ2v) is 8.19. The van der Waals surface area contributed by atoms with Crippen LogP contribution in [0.4, 0.5) is 22.7 Å². The minimum Gasteiger partial charge on any atom is -0.371 e. The summed E-state index contributed by atoms with van der Waals surface area (Å²) >= 11 is 0. The number of nitro benzene ring substituents is 1. The summed E-state index contributed by atoms with van der Waals surface area (Å²) in [7, 11) is 0. The highest BCUT2D eigenvalue weighted by atomic mass is 16.6. The number of anilines is 3. The van der Waals surface area contributed by atoms with Gasteiger partial charge in [-0.05, 0) is 56.5 Å². The number of carbonyl (C=O) groups excluding carboxylic acids is 2. The van der Waals surface area contributed by atoms with Crippen molar-refractivity contribution < 1.29 is 14.5 Å². The quantitative estimate of drug-likeness (QED) is 0.400. The molecule has 176 valence electrons. The van der Waals surface area contributed by atoms with Crippen LogP contribution in [-0.2, 0) is 4.79 Å². The number of aromatic nitrogens is 2. The van der Waals surface area contributed by atoms with Crippen molar-refractivity contribution in [3.8, 4) is 0 Å². The highest BCUT2D eigenvalue weighted by Gasteiger charge is 2.22. The van der Waals surface area contributed by atoms with Crippen LogP contribution in [0.25, 0.3) is 0 Å². The molecule has 1 fully saturated rings. The van der Waals surface area contributed by atoms with Gasteiger partial charge in [-0.2, -0.15) is 5.10 Å². The van der Waals surface area contributed by atoms with Gasteiger partial charge in [0.05, 0.1) is 16.2 Å². The molecule has 0 aliphatic carbocycles. The number of nitro groups is 1. The van der Waals surface area contributed by atoms with Crippen LogP contribution in [-0.4, -0.2) is 39.6 Å². The summed E-state index contributed by atoms with van der Waals surface area (Å²) in [6.07, 6.45) is 6.46. The van der Waals surface area contributed by atoms with E-state index in [1.54, 1.807) is 60.4 Å². The van der Waals surface area contributed by atoms with Crippen molar-refractivity contribution in [3.63, 3.8) is 0 Å². The number of amides is 2. The number of rotatable bonds is 7. The molecule has 10 nitrogen and oxygen atoms in total. The van der Waals surface area contributed by atoms with Gasteiger partial charge >= 0.3 is 0 Å². The van der Waals surface area contributed by atoms with Crippen LogP contribution in [0, 0.1) is 10.1 Å². The van der Waals surface area contributed by atoms with Gasteiger partial charge in [-0.1, -0.05) is 6.07 Å². The van der Waals surface area contributed by atoms with Gasteiger partial charge in [-0.25, -0.2) is 0 Å². The number of hydrogen-bond acceptors (Lipinski definition) is 6. The Morgan fingerprint density at radius 2 is 1.76 bits per heavy atom. The van der Waals surface area contributed by atoms with Crippen LogP contribution in [0.3, 0.4) is 0 Å². The molecule has 2 amide bonds. The first-order valence-electron chi connectivity index (χ1n) is 11.2. The van der Waals surface area contributed by atoms with E-state index in [1.807, 2.05) is 0 Å². The number of benzene rings is 2. The van der Waals surface area contributed by atoms with E-state index in [0.29, 0.717) is 17.1 Å². The molecule has 1 atom stereocenters. The third-order valence-electron chi connectivity index (χ3n) is 5.82. The number of hydrogen-bond donors (Lipinski definition) is 2. The smallest absolute Gasteiger partial charge is 0.270 e. The second-order valence-electron chi connectivity index (χ2n) is 8.19. The van der Waals surface area contributed by atoms with Crippen LogP contribution < -0.4 is 15.5 Å². The highest BCUT2D eigenvalue weighted by molar-refractivity contribution is 6.09. The number of piperidine rings is 1. The van der Waals surface area contributed by atoms with E-state index in [4.69, 9.17) is 0 Å². The van der Waals surface area contributed by atoms with Crippen LogP contribution in [0.1, 0.15) is 42.6 Å². The molecule has 2 N–H and O–H groups in total. The lowest BCUT2D eigenvalue weighted by Gasteiger charge is -2.30. The van der Waals surface area contributed by atoms with E-state index in [-0.39, 0.29) is 17.2 Å². The molecular weight excluding hydrogens is 436 g/mol. The largest absolute Gasteiger partial charge is 0.371 e. The molecule has 1 aliphatic heterocycles. The Balaban J connectivity index is 1.53. The third kappa shape index (κ3) is 5.22. The predicted octanol–water partition coefficient (Wildman–Crippen LogP) is 4.23. The first-order valence-corrected chi connectivity index (χ1v) is 11.2. The molecule has 0 bridgehead atoms. The fraction of sp³-hybridized carbons (Fsp3) is 0.292. The molecule has 3 aromatic rings. The summed E-state index contributed by atoms with van der Waals surface area (Å²) in [6, 6.07) is 12.4.